The maximum absolute atomic E-state index is 12.6. The molecule has 1 aromatic carbocycles. The van der Waals surface area contributed by atoms with Crippen LogP contribution in [0.15, 0.2) is 30.3 Å². The number of nitrogens with zero attached hydrogens (tertiary/aromatic N) is 1. The maximum atomic E-state index is 12.6. The molecule has 72 valence electrons. The van der Waals surface area contributed by atoms with Gasteiger partial charge in [-0.15, -0.1) is 0 Å². The SMILES string of the molecule is Nc1cc(Nc2ccc(F)cc2)n[nH]1. The Kier molecular flexibility index (Phi) is 2.06. The summed E-state index contributed by atoms with van der Waals surface area (Å²) in [5, 5.41) is 9.43. The lowest BCUT2D eigenvalue weighted by Crippen LogP contribution is -1.90. The van der Waals surface area contributed by atoms with Gasteiger partial charge in [0.15, 0.2) is 5.82 Å². The predicted molar refractivity (Wildman–Crippen MR) is 52.7 cm³/mol. The third-order valence-electron chi connectivity index (χ3n) is 1.71. The average Bonchev–Trinajstić information content (AvgIpc) is 2.56. The Hall–Kier alpha value is -2.04. The van der Waals surface area contributed by atoms with Crippen LogP contribution in [0.3, 0.4) is 0 Å². The lowest BCUT2D eigenvalue weighted by molar-refractivity contribution is 0.628. The van der Waals surface area contributed by atoms with Crippen molar-refractivity contribution in [3.05, 3.63) is 36.1 Å². The molecular weight excluding hydrogens is 183 g/mol. The third kappa shape index (κ3) is 1.82. The second-order valence-corrected chi connectivity index (χ2v) is 2.84. The largest absolute Gasteiger partial charge is 0.384 e. The Morgan fingerprint density at radius 2 is 2.00 bits per heavy atom. The minimum Gasteiger partial charge on any atom is -0.384 e. The van der Waals surface area contributed by atoms with Crippen LogP contribution in [0.5, 0.6) is 0 Å². The zero-order valence-corrected chi connectivity index (χ0v) is 7.29. The average molecular weight is 192 g/mol. The molecule has 1 aromatic heterocycles. The van der Waals surface area contributed by atoms with E-state index in [2.05, 4.69) is 15.5 Å². The van der Waals surface area contributed by atoms with E-state index >= 15 is 0 Å². The van der Waals surface area contributed by atoms with E-state index in [0.717, 1.165) is 5.69 Å². The number of nitrogens with one attached hydrogen (secondary N) is 2. The van der Waals surface area contributed by atoms with Gasteiger partial charge in [-0.25, -0.2) is 4.39 Å². The highest BCUT2D eigenvalue weighted by atomic mass is 19.1. The summed E-state index contributed by atoms with van der Waals surface area (Å²) >= 11 is 0. The van der Waals surface area contributed by atoms with Crippen LogP contribution in [0.4, 0.5) is 21.7 Å². The van der Waals surface area contributed by atoms with E-state index in [0.29, 0.717) is 11.6 Å². The van der Waals surface area contributed by atoms with Crippen LogP contribution in [0.1, 0.15) is 0 Å². The topological polar surface area (TPSA) is 66.7 Å². The van der Waals surface area contributed by atoms with E-state index in [1.807, 2.05) is 0 Å². The Morgan fingerprint density at radius 3 is 2.57 bits per heavy atom. The molecule has 2 aromatic rings. The van der Waals surface area contributed by atoms with Gasteiger partial charge in [-0.05, 0) is 24.3 Å². The smallest absolute Gasteiger partial charge is 0.154 e. The number of anilines is 3. The first-order chi connectivity index (χ1) is 6.74. The van der Waals surface area contributed by atoms with Crippen molar-refractivity contribution in [2.24, 2.45) is 0 Å². The zero-order chi connectivity index (χ0) is 9.97. The second-order valence-electron chi connectivity index (χ2n) is 2.84. The first-order valence-electron chi connectivity index (χ1n) is 4.07. The van der Waals surface area contributed by atoms with E-state index in [1.54, 1.807) is 18.2 Å². The Bertz CT molecular complexity index is 421. The molecule has 0 saturated carbocycles. The molecule has 0 radical (unpaired) electrons. The Balaban J connectivity index is 2.15. The van der Waals surface area contributed by atoms with Gasteiger partial charge in [-0.3, -0.25) is 5.10 Å². The highest BCUT2D eigenvalue weighted by Crippen LogP contribution is 2.15. The number of hydrogen-bond donors (Lipinski definition) is 3. The molecule has 4 N–H and O–H groups in total. The standard InChI is InChI=1S/C9H9FN4/c10-6-1-3-7(4-2-6)12-9-5-8(11)13-14-9/h1-5H,(H4,11,12,13,14). The summed E-state index contributed by atoms with van der Waals surface area (Å²) in [5.41, 5.74) is 6.20. The van der Waals surface area contributed by atoms with Gasteiger partial charge >= 0.3 is 0 Å². The van der Waals surface area contributed by atoms with E-state index in [-0.39, 0.29) is 5.82 Å². The number of aromatic nitrogens is 2. The normalized spacial score (nSPS) is 10.1. The van der Waals surface area contributed by atoms with Crippen LogP contribution in [0.2, 0.25) is 0 Å². The van der Waals surface area contributed by atoms with Gasteiger partial charge in [-0.2, -0.15) is 5.10 Å². The number of aromatic amines is 1. The van der Waals surface area contributed by atoms with Crippen LogP contribution in [-0.4, -0.2) is 10.2 Å². The second kappa shape index (κ2) is 3.37. The summed E-state index contributed by atoms with van der Waals surface area (Å²) in [5.74, 6) is 0.820. The number of benzene rings is 1. The minimum atomic E-state index is -0.267. The first kappa shape index (κ1) is 8.55. The molecule has 0 aliphatic heterocycles. The number of H-pyrrole nitrogens is 1. The molecule has 0 saturated heterocycles. The Morgan fingerprint density at radius 1 is 1.29 bits per heavy atom. The summed E-state index contributed by atoms with van der Waals surface area (Å²) in [6.07, 6.45) is 0. The van der Waals surface area contributed by atoms with Crippen molar-refractivity contribution in [2.45, 2.75) is 0 Å². The van der Waals surface area contributed by atoms with Crippen molar-refractivity contribution in [1.82, 2.24) is 10.2 Å². The molecule has 0 unspecified atom stereocenters. The molecule has 5 heteroatoms. The molecule has 0 spiro atoms. The van der Waals surface area contributed by atoms with Gasteiger partial charge in [0.25, 0.3) is 0 Å². The van der Waals surface area contributed by atoms with Crippen LogP contribution in [-0.2, 0) is 0 Å². The monoisotopic (exact) mass is 192 g/mol. The summed E-state index contributed by atoms with van der Waals surface area (Å²) in [6.45, 7) is 0. The molecule has 0 aliphatic rings. The van der Waals surface area contributed by atoms with Gasteiger partial charge in [0.05, 0.1) is 0 Å². The van der Waals surface area contributed by atoms with Crippen molar-refractivity contribution in [3.8, 4) is 0 Å². The molecule has 1 heterocycles. The van der Waals surface area contributed by atoms with Crippen LogP contribution >= 0.6 is 0 Å². The van der Waals surface area contributed by atoms with Gasteiger partial charge in [0, 0.05) is 11.8 Å². The molecule has 0 amide bonds. The van der Waals surface area contributed by atoms with E-state index in [4.69, 9.17) is 5.73 Å². The van der Waals surface area contributed by atoms with Crippen molar-refractivity contribution in [1.29, 1.82) is 0 Å². The maximum Gasteiger partial charge on any atom is 0.154 e. The first-order valence-corrected chi connectivity index (χ1v) is 4.07. The van der Waals surface area contributed by atoms with Crippen LogP contribution < -0.4 is 11.1 Å². The summed E-state index contributed by atoms with van der Waals surface area (Å²) in [7, 11) is 0. The minimum absolute atomic E-state index is 0.267. The summed E-state index contributed by atoms with van der Waals surface area (Å²) in [6, 6.07) is 7.65. The fourth-order valence-electron chi connectivity index (χ4n) is 1.08. The number of halogens is 1. The number of rotatable bonds is 2. The summed E-state index contributed by atoms with van der Waals surface area (Å²) < 4.78 is 12.6. The molecule has 0 aliphatic carbocycles. The van der Waals surface area contributed by atoms with E-state index in [1.165, 1.54) is 12.1 Å². The molecule has 2 rings (SSSR count). The number of nitrogens with two attached hydrogens (primary N) is 1. The fourth-order valence-corrected chi connectivity index (χ4v) is 1.08. The highest BCUT2D eigenvalue weighted by Gasteiger charge is 1.98. The fraction of sp³-hybridized carbons (Fsp3) is 0. The van der Waals surface area contributed by atoms with Gasteiger partial charge in [0.1, 0.15) is 11.6 Å². The quantitative estimate of drug-likeness (QED) is 0.680. The number of hydrogen-bond acceptors (Lipinski definition) is 3. The van der Waals surface area contributed by atoms with Crippen molar-refractivity contribution in [3.63, 3.8) is 0 Å². The van der Waals surface area contributed by atoms with Crippen molar-refractivity contribution < 1.29 is 4.39 Å². The van der Waals surface area contributed by atoms with Crippen LogP contribution in [0.25, 0.3) is 0 Å². The summed E-state index contributed by atoms with van der Waals surface area (Å²) in [4.78, 5) is 0. The Labute approximate surface area is 79.9 Å². The molecule has 0 fully saturated rings. The number of nitrogen functional groups attached to an aromatic ring is 1. The lowest BCUT2D eigenvalue weighted by atomic mass is 10.3. The van der Waals surface area contributed by atoms with Gasteiger partial charge < -0.3 is 11.1 Å². The van der Waals surface area contributed by atoms with Crippen LogP contribution in [0, 0.1) is 5.82 Å². The zero-order valence-electron chi connectivity index (χ0n) is 7.29. The van der Waals surface area contributed by atoms with Gasteiger partial charge in [-0.1, -0.05) is 0 Å². The van der Waals surface area contributed by atoms with E-state index < -0.39 is 0 Å². The van der Waals surface area contributed by atoms with Crippen molar-refractivity contribution >= 4 is 17.3 Å². The highest BCUT2D eigenvalue weighted by molar-refractivity contribution is 5.58. The molecule has 0 bridgehead atoms. The predicted octanol–water partition coefficient (Wildman–Crippen LogP) is 1.87. The van der Waals surface area contributed by atoms with Gasteiger partial charge in [0.2, 0.25) is 0 Å². The molecular formula is C9H9FN4. The third-order valence-corrected chi connectivity index (χ3v) is 1.71. The van der Waals surface area contributed by atoms with E-state index in [9.17, 15) is 4.39 Å². The molecule has 4 nitrogen and oxygen atoms in total. The van der Waals surface area contributed by atoms with Crippen molar-refractivity contribution in [2.75, 3.05) is 11.1 Å². The lowest BCUT2D eigenvalue weighted by Gasteiger charge is -2.00. The molecule has 14 heavy (non-hydrogen) atoms. The molecule has 0 atom stereocenters.